The molecule has 1 aromatic carbocycles. The van der Waals surface area contributed by atoms with Gasteiger partial charge in [-0.15, -0.1) is 11.8 Å². The van der Waals surface area contributed by atoms with E-state index in [1.54, 1.807) is 30.5 Å². The molecule has 2 fully saturated rings. The van der Waals surface area contributed by atoms with Gasteiger partial charge in [0.25, 0.3) is 5.91 Å². The molecule has 1 unspecified atom stereocenters. The lowest BCUT2D eigenvalue weighted by molar-refractivity contribution is 0.0245. The highest BCUT2D eigenvalue weighted by Crippen LogP contribution is 2.46. The standard InChI is InChI=1S/C20H19N3O2S/c21-10-15-4-3-5-16(8-15)19(24)23-13-20(14-23)9-18(12-26-20)25-11-17-6-1-2-7-22-17/h1-8,18H,9,11-14H2. The fourth-order valence-electron chi connectivity index (χ4n) is 3.51. The molecule has 26 heavy (non-hydrogen) atoms. The van der Waals surface area contributed by atoms with Crippen LogP contribution in [0.15, 0.2) is 48.7 Å². The lowest BCUT2D eigenvalue weighted by Gasteiger charge is -2.47. The van der Waals surface area contributed by atoms with Gasteiger partial charge in [0.15, 0.2) is 0 Å². The third kappa shape index (κ3) is 3.46. The van der Waals surface area contributed by atoms with Crippen molar-refractivity contribution < 1.29 is 9.53 Å². The smallest absolute Gasteiger partial charge is 0.253 e. The summed E-state index contributed by atoms with van der Waals surface area (Å²) in [5.74, 6) is 0.963. The number of hydrogen-bond donors (Lipinski definition) is 0. The Hall–Kier alpha value is -2.36. The average molecular weight is 365 g/mol. The van der Waals surface area contributed by atoms with Gasteiger partial charge in [-0.05, 0) is 36.8 Å². The predicted octanol–water partition coefficient (Wildman–Crippen LogP) is 2.87. The van der Waals surface area contributed by atoms with Gasteiger partial charge in [-0.2, -0.15) is 5.26 Å². The predicted molar refractivity (Wildman–Crippen MR) is 99.7 cm³/mol. The highest BCUT2D eigenvalue weighted by molar-refractivity contribution is 8.01. The van der Waals surface area contributed by atoms with E-state index in [9.17, 15) is 4.79 Å². The molecule has 4 rings (SSSR count). The lowest BCUT2D eigenvalue weighted by Crippen LogP contribution is -2.60. The first kappa shape index (κ1) is 17.1. The van der Waals surface area contributed by atoms with E-state index in [2.05, 4.69) is 11.1 Å². The molecule has 0 N–H and O–H groups in total. The maximum atomic E-state index is 12.6. The number of ether oxygens (including phenoxy) is 1. The second-order valence-electron chi connectivity index (χ2n) is 6.81. The Balaban J connectivity index is 1.30. The van der Waals surface area contributed by atoms with Crippen LogP contribution < -0.4 is 0 Å². The second-order valence-corrected chi connectivity index (χ2v) is 8.29. The molecule has 5 nitrogen and oxygen atoms in total. The minimum absolute atomic E-state index is 0.00572. The van der Waals surface area contributed by atoms with Crippen molar-refractivity contribution in [3.05, 3.63) is 65.5 Å². The number of rotatable bonds is 4. The number of carbonyl (C=O) groups excluding carboxylic acids is 1. The minimum Gasteiger partial charge on any atom is -0.371 e. The summed E-state index contributed by atoms with van der Waals surface area (Å²) in [6.07, 6.45) is 2.95. The van der Waals surface area contributed by atoms with Crippen molar-refractivity contribution in [3.8, 4) is 6.07 Å². The third-order valence-electron chi connectivity index (χ3n) is 4.85. The SMILES string of the molecule is N#Cc1cccc(C(=O)N2CC3(CC(OCc4ccccn4)CS3)C2)c1. The van der Waals surface area contributed by atoms with Crippen LogP contribution in [0.3, 0.4) is 0 Å². The van der Waals surface area contributed by atoms with Gasteiger partial charge in [-0.3, -0.25) is 9.78 Å². The summed E-state index contributed by atoms with van der Waals surface area (Å²) in [5, 5.41) is 8.99. The Labute approximate surface area is 157 Å². The summed E-state index contributed by atoms with van der Waals surface area (Å²) in [7, 11) is 0. The van der Waals surface area contributed by atoms with Crippen molar-refractivity contribution in [2.45, 2.75) is 23.9 Å². The monoisotopic (exact) mass is 365 g/mol. The normalized spacial score (nSPS) is 20.6. The summed E-state index contributed by atoms with van der Waals surface area (Å²) in [6.45, 7) is 2.03. The van der Waals surface area contributed by atoms with Gasteiger partial charge in [0.05, 0.1) is 34.8 Å². The Morgan fingerprint density at radius 2 is 2.23 bits per heavy atom. The lowest BCUT2D eigenvalue weighted by atomic mass is 9.92. The fraction of sp³-hybridized carbons (Fsp3) is 0.350. The van der Waals surface area contributed by atoms with E-state index < -0.39 is 0 Å². The van der Waals surface area contributed by atoms with Crippen LogP contribution in [0.25, 0.3) is 0 Å². The summed E-state index contributed by atoms with van der Waals surface area (Å²) in [6, 6.07) is 14.8. The number of likely N-dealkylation sites (tertiary alicyclic amines) is 1. The molecule has 0 bridgehead atoms. The summed E-state index contributed by atoms with van der Waals surface area (Å²) >= 11 is 1.91. The van der Waals surface area contributed by atoms with Crippen molar-refractivity contribution in [1.29, 1.82) is 5.26 Å². The van der Waals surface area contributed by atoms with Crippen molar-refractivity contribution in [3.63, 3.8) is 0 Å². The van der Waals surface area contributed by atoms with Gasteiger partial charge < -0.3 is 9.64 Å². The quantitative estimate of drug-likeness (QED) is 0.833. The molecule has 0 saturated carbocycles. The van der Waals surface area contributed by atoms with Crippen molar-refractivity contribution >= 4 is 17.7 Å². The van der Waals surface area contributed by atoms with E-state index in [0.717, 1.165) is 31.0 Å². The maximum absolute atomic E-state index is 12.6. The Morgan fingerprint density at radius 3 is 3.00 bits per heavy atom. The maximum Gasteiger partial charge on any atom is 0.253 e. The van der Waals surface area contributed by atoms with Crippen LogP contribution in [0.1, 0.15) is 28.0 Å². The zero-order valence-corrected chi connectivity index (χ0v) is 15.1. The molecule has 2 aliphatic heterocycles. The third-order valence-corrected chi connectivity index (χ3v) is 6.43. The first-order valence-electron chi connectivity index (χ1n) is 8.62. The van der Waals surface area contributed by atoms with Crippen LogP contribution in [-0.2, 0) is 11.3 Å². The van der Waals surface area contributed by atoms with Crippen molar-refractivity contribution in [1.82, 2.24) is 9.88 Å². The molecule has 1 spiro atoms. The number of amides is 1. The van der Waals surface area contributed by atoms with E-state index in [1.807, 2.05) is 34.9 Å². The molecular formula is C20H19N3O2S. The van der Waals surface area contributed by atoms with Crippen LogP contribution in [-0.4, -0.2) is 45.5 Å². The minimum atomic E-state index is 0.00572. The van der Waals surface area contributed by atoms with Gasteiger partial charge in [0.2, 0.25) is 0 Å². The topological polar surface area (TPSA) is 66.2 Å². The molecule has 3 heterocycles. The van der Waals surface area contributed by atoms with Crippen LogP contribution in [0.4, 0.5) is 0 Å². The second kappa shape index (κ2) is 7.10. The van der Waals surface area contributed by atoms with E-state index in [1.165, 1.54) is 0 Å². The molecule has 2 aromatic rings. The number of pyridine rings is 1. The Kier molecular flexibility index (Phi) is 4.66. The number of thioether (sulfide) groups is 1. The van der Waals surface area contributed by atoms with Gasteiger partial charge in [0, 0.05) is 30.6 Å². The van der Waals surface area contributed by atoms with E-state index in [4.69, 9.17) is 10.00 Å². The van der Waals surface area contributed by atoms with Crippen molar-refractivity contribution in [2.24, 2.45) is 0 Å². The molecule has 2 aliphatic rings. The fourth-order valence-corrected chi connectivity index (χ4v) is 5.07. The number of carbonyl (C=O) groups is 1. The van der Waals surface area contributed by atoms with E-state index in [-0.39, 0.29) is 16.8 Å². The van der Waals surface area contributed by atoms with E-state index >= 15 is 0 Å². The van der Waals surface area contributed by atoms with Gasteiger partial charge in [-0.25, -0.2) is 0 Å². The van der Waals surface area contributed by atoms with Crippen LogP contribution >= 0.6 is 11.8 Å². The molecule has 0 radical (unpaired) electrons. The Morgan fingerprint density at radius 1 is 1.35 bits per heavy atom. The number of aromatic nitrogens is 1. The zero-order chi connectivity index (χ0) is 18.0. The van der Waals surface area contributed by atoms with Crippen molar-refractivity contribution in [2.75, 3.05) is 18.8 Å². The van der Waals surface area contributed by atoms with Crippen LogP contribution in [0.2, 0.25) is 0 Å². The largest absolute Gasteiger partial charge is 0.371 e. The first-order valence-corrected chi connectivity index (χ1v) is 9.61. The first-order chi connectivity index (χ1) is 12.7. The highest BCUT2D eigenvalue weighted by atomic mass is 32.2. The van der Waals surface area contributed by atoms with E-state index in [0.29, 0.717) is 17.7 Å². The van der Waals surface area contributed by atoms with Gasteiger partial charge >= 0.3 is 0 Å². The average Bonchev–Trinajstić information content (AvgIpc) is 3.10. The molecule has 132 valence electrons. The molecule has 2 saturated heterocycles. The summed E-state index contributed by atoms with van der Waals surface area (Å²) in [5.41, 5.74) is 2.05. The number of hydrogen-bond acceptors (Lipinski definition) is 5. The van der Waals surface area contributed by atoms with Crippen LogP contribution in [0.5, 0.6) is 0 Å². The highest BCUT2D eigenvalue weighted by Gasteiger charge is 2.51. The number of nitrogens with zero attached hydrogens (tertiary/aromatic N) is 3. The molecule has 1 aromatic heterocycles. The number of nitriles is 1. The number of benzene rings is 1. The molecule has 0 aliphatic carbocycles. The summed E-state index contributed by atoms with van der Waals surface area (Å²) in [4.78, 5) is 18.7. The van der Waals surface area contributed by atoms with Gasteiger partial charge in [0.1, 0.15) is 0 Å². The van der Waals surface area contributed by atoms with Gasteiger partial charge in [-0.1, -0.05) is 12.1 Å². The molecule has 1 atom stereocenters. The Bertz CT molecular complexity index is 844. The summed E-state index contributed by atoms with van der Waals surface area (Å²) < 4.78 is 6.13. The molecule has 6 heteroatoms. The molecular weight excluding hydrogens is 346 g/mol. The van der Waals surface area contributed by atoms with Crippen LogP contribution in [0, 0.1) is 11.3 Å². The zero-order valence-electron chi connectivity index (χ0n) is 14.3. The molecule has 1 amide bonds.